The molecule has 138 valence electrons. The highest BCUT2D eigenvalue weighted by Crippen LogP contribution is 2.20. The summed E-state index contributed by atoms with van der Waals surface area (Å²) >= 11 is 0. The van der Waals surface area contributed by atoms with Crippen LogP contribution in [-0.2, 0) is 4.79 Å². The number of rotatable bonds is 4. The van der Waals surface area contributed by atoms with Crippen LogP contribution in [0.3, 0.4) is 0 Å². The van der Waals surface area contributed by atoms with E-state index in [2.05, 4.69) is 20.2 Å². The van der Waals surface area contributed by atoms with Gasteiger partial charge in [-0.05, 0) is 36.8 Å². The van der Waals surface area contributed by atoms with Crippen molar-refractivity contribution in [2.45, 2.75) is 6.92 Å². The third-order valence-corrected chi connectivity index (χ3v) is 4.28. The Morgan fingerprint density at radius 2 is 1.96 bits per heavy atom. The highest BCUT2D eigenvalue weighted by Gasteiger charge is 2.19. The van der Waals surface area contributed by atoms with Gasteiger partial charge in [-0.25, -0.2) is 9.97 Å². The van der Waals surface area contributed by atoms with Gasteiger partial charge in [0.05, 0.1) is 0 Å². The maximum atomic E-state index is 12.4. The second-order valence-electron chi connectivity index (χ2n) is 6.18. The lowest BCUT2D eigenvalue weighted by molar-refractivity contribution is -0.112. The number of aromatic nitrogens is 2. The molecule has 2 N–H and O–H groups in total. The average molecular weight is 364 g/mol. The summed E-state index contributed by atoms with van der Waals surface area (Å²) in [5.74, 6) is 0.337. The second-order valence-corrected chi connectivity index (χ2v) is 6.18. The molecule has 0 spiro atoms. The Balaban J connectivity index is 1.63. The van der Waals surface area contributed by atoms with E-state index >= 15 is 0 Å². The van der Waals surface area contributed by atoms with Crippen molar-refractivity contribution >= 4 is 17.5 Å². The van der Waals surface area contributed by atoms with Gasteiger partial charge in [0.1, 0.15) is 17.4 Å². The number of phenolic OH excluding ortho intramolecular Hbond substituents is 1. The van der Waals surface area contributed by atoms with E-state index in [1.165, 1.54) is 6.07 Å². The summed E-state index contributed by atoms with van der Waals surface area (Å²) in [4.78, 5) is 24.9. The molecule has 1 aliphatic heterocycles. The first kappa shape index (κ1) is 18.2. The molecule has 1 aliphatic rings. The first-order valence-corrected chi connectivity index (χ1v) is 8.56. The van der Waals surface area contributed by atoms with Crippen LogP contribution in [-0.4, -0.2) is 52.1 Å². The van der Waals surface area contributed by atoms with Crippen molar-refractivity contribution in [3.05, 3.63) is 54.0 Å². The first-order valence-electron chi connectivity index (χ1n) is 8.56. The van der Waals surface area contributed by atoms with E-state index in [-0.39, 0.29) is 11.3 Å². The number of nitrogens with zero attached hydrogens (tertiary/aromatic N) is 5. The van der Waals surface area contributed by atoms with Crippen LogP contribution in [0.5, 0.6) is 5.75 Å². The maximum Gasteiger partial charge on any atom is 0.267 e. The predicted molar refractivity (Wildman–Crippen MR) is 101 cm³/mol. The zero-order valence-electron chi connectivity index (χ0n) is 15.0. The largest absolute Gasteiger partial charge is 0.508 e. The topological polar surface area (TPSA) is 105 Å². The number of amides is 1. The molecular formula is C19H20N6O2. The van der Waals surface area contributed by atoms with Crippen LogP contribution in [0.15, 0.2) is 48.4 Å². The molecule has 0 bridgehead atoms. The highest BCUT2D eigenvalue weighted by atomic mass is 16.3. The Kier molecular flexibility index (Phi) is 5.52. The molecule has 0 saturated carbocycles. The molecule has 8 heteroatoms. The SMILES string of the molecule is Cc1cc(O)ccc1NC(=O)/C(C#N)=C\N1CCN(c2ncccn2)CC1. The van der Waals surface area contributed by atoms with Crippen molar-refractivity contribution in [3.8, 4) is 11.8 Å². The molecule has 1 fully saturated rings. The Bertz CT molecular complexity index is 883. The Morgan fingerprint density at radius 1 is 1.26 bits per heavy atom. The average Bonchev–Trinajstić information content (AvgIpc) is 2.69. The van der Waals surface area contributed by atoms with Gasteiger partial charge in [0.2, 0.25) is 5.95 Å². The molecule has 1 aromatic heterocycles. The normalized spacial score (nSPS) is 14.6. The summed E-state index contributed by atoms with van der Waals surface area (Å²) in [5, 5.41) is 21.5. The molecule has 0 aliphatic carbocycles. The summed E-state index contributed by atoms with van der Waals surface area (Å²) in [6.07, 6.45) is 5.00. The molecule has 0 radical (unpaired) electrons. The lowest BCUT2D eigenvalue weighted by Gasteiger charge is -2.34. The monoisotopic (exact) mass is 364 g/mol. The van der Waals surface area contributed by atoms with Gasteiger partial charge in [-0.2, -0.15) is 5.26 Å². The highest BCUT2D eigenvalue weighted by molar-refractivity contribution is 6.06. The van der Waals surface area contributed by atoms with Gasteiger partial charge in [-0.15, -0.1) is 0 Å². The maximum absolute atomic E-state index is 12.4. The van der Waals surface area contributed by atoms with Crippen LogP contribution in [0.4, 0.5) is 11.6 Å². The molecular weight excluding hydrogens is 344 g/mol. The lowest BCUT2D eigenvalue weighted by atomic mass is 10.1. The van der Waals surface area contributed by atoms with E-state index in [0.717, 1.165) is 5.56 Å². The third kappa shape index (κ3) is 4.52. The van der Waals surface area contributed by atoms with Crippen molar-refractivity contribution in [3.63, 3.8) is 0 Å². The summed E-state index contributed by atoms with van der Waals surface area (Å²) < 4.78 is 0. The van der Waals surface area contributed by atoms with Gasteiger partial charge in [0, 0.05) is 50.5 Å². The van der Waals surface area contributed by atoms with E-state index in [4.69, 9.17) is 0 Å². The predicted octanol–water partition coefficient (Wildman–Crippen LogP) is 1.66. The van der Waals surface area contributed by atoms with Crippen molar-refractivity contribution in [1.29, 1.82) is 5.26 Å². The van der Waals surface area contributed by atoms with Crippen LogP contribution in [0.25, 0.3) is 0 Å². The summed E-state index contributed by atoms with van der Waals surface area (Å²) in [6, 6.07) is 8.39. The van der Waals surface area contributed by atoms with Crippen LogP contribution < -0.4 is 10.2 Å². The molecule has 3 rings (SSSR count). The molecule has 2 heterocycles. The summed E-state index contributed by atoms with van der Waals surface area (Å²) in [5.41, 5.74) is 1.31. The van der Waals surface area contributed by atoms with Gasteiger partial charge in [-0.3, -0.25) is 4.79 Å². The minimum Gasteiger partial charge on any atom is -0.508 e. The van der Waals surface area contributed by atoms with Crippen LogP contribution >= 0.6 is 0 Å². The molecule has 2 aromatic rings. The van der Waals surface area contributed by atoms with E-state index in [0.29, 0.717) is 37.8 Å². The molecule has 0 unspecified atom stereocenters. The zero-order valence-corrected chi connectivity index (χ0v) is 15.0. The number of aryl methyl sites for hydroxylation is 1. The first-order chi connectivity index (χ1) is 13.1. The van der Waals surface area contributed by atoms with Crippen molar-refractivity contribution in [2.24, 2.45) is 0 Å². The fourth-order valence-electron chi connectivity index (χ4n) is 2.80. The number of nitriles is 1. The quantitative estimate of drug-likeness (QED) is 0.483. The number of piperazine rings is 1. The van der Waals surface area contributed by atoms with Gasteiger partial charge >= 0.3 is 0 Å². The minimum absolute atomic E-state index is 0.0342. The number of aromatic hydroxyl groups is 1. The molecule has 8 nitrogen and oxygen atoms in total. The van der Waals surface area contributed by atoms with Crippen molar-refractivity contribution in [2.75, 3.05) is 36.4 Å². The van der Waals surface area contributed by atoms with Crippen molar-refractivity contribution in [1.82, 2.24) is 14.9 Å². The third-order valence-electron chi connectivity index (χ3n) is 4.28. The fraction of sp³-hybridized carbons (Fsp3) is 0.263. The Morgan fingerprint density at radius 3 is 2.59 bits per heavy atom. The number of hydrogen-bond acceptors (Lipinski definition) is 7. The van der Waals surface area contributed by atoms with Gasteiger partial charge in [-0.1, -0.05) is 0 Å². The lowest BCUT2D eigenvalue weighted by Crippen LogP contribution is -2.45. The second kappa shape index (κ2) is 8.19. The number of anilines is 2. The van der Waals surface area contributed by atoms with Crippen LogP contribution in [0.2, 0.25) is 0 Å². The number of benzene rings is 1. The standard InChI is InChI=1S/C19H20N6O2/c1-14-11-16(26)3-4-17(14)23-18(27)15(12-20)13-24-7-9-25(10-8-24)19-21-5-2-6-22-19/h2-6,11,13,26H,7-10H2,1H3,(H,23,27)/b15-13-. The number of carbonyl (C=O) groups excluding carboxylic acids is 1. The molecule has 1 aromatic carbocycles. The van der Waals surface area contributed by atoms with E-state index in [9.17, 15) is 15.2 Å². The number of hydrogen-bond donors (Lipinski definition) is 2. The minimum atomic E-state index is -0.472. The van der Waals surface area contributed by atoms with E-state index in [1.807, 2.05) is 11.0 Å². The zero-order chi connectivity index (χ0) is 19.2. The molecule has 27 heavy (non-hydrogen) atoms. The van der Waals surface area contributed by atoms with Crippen LogP contribution in [0, 0.1) is 18.3 Å². The summed E-state index contributed by atoms with van der Waals surface area (Å²) in [6.45, 7) is 4.51. The van der Waals surface area contributed by atoms with Gasteiger partial charge in [0.15, 0.2) is 0 Å². The Labute approximate surface area is 157 Å². The number of nitrogens with one attached hydrogen (secondary N) is 1. The van der Waals surface area contributed by atoms with E-state index in [1.54, 1.807) is 43.7 Å². The number of phenols is 1. The Hall–Kier alpha value is -3.60. The molecule has 1 amide bonds. The van der Waals surface area contributed by atoms with Crippen LogP contribution in [0.1, 0.15) is 5.56 Å². The van der Waals surface area contributed by atoms with Gasteiger partial charge < -0.3 is 20.2 Å². The van der Waals surface area contributed by atoms with Gasteiger partial charge in [0.25, 0.3) is 5.91 Å². The smallest absolute Gasteiger partial charge is 0.267 e. The molecule has 0 atom stereocenters. The van der Waals surface area contributed by atoms with Crippen molar-refractivity contribution < 1.29 is 9.90 Å². The summed E-state index contributed by atoms with van der Waals surface area (Å²) in [7, 11) is 0. The van der Waals surface area contributed by atoms with E-state index < -0.39 is 5.91 Å². The fourth-order valence-corrected chi connectivity index (χ4v) is 2.80. The number of carbonyl (C=O) groups is 1. The molecule has 1 saturated heterocycles.